The fraction of sp³-hybridized carbons (Fsp3) is 0.458. The zero-order chi connectivity index (χ0) is 24.8. The summed E-state index contributed by atoms with van der Waals surface area (Å²) in [7, 11) is -2.03. The Morgan fingerprint density at radius 2 is 2.03 bits per heavy atom. The lowest BCUT2D eigenvalue weighted by molar-refractivity contribution is -0.131. The zero-order valence-corrected chi connectivity index (χ0v) is 21.6. The van der Waals surface area contributed by atoms with Gasteiger partial charge in [0.15, 0.2) is 0 Å². The molecule has 0 unspecified atom stereocenters. The van der Waals surface area contributed by atoms with E-state index in [4.69, 9.17) is 9.26 Å². The first-order valence-corrected chi connectivity index (χ1v) is 14.1. The SMILES string of the molecule is CCN(Cc1nc(-c2cccs2)no1)C(=O)CCc1cc(S(=O)(=O)N2CCCCC2)ccc1OC. The zero-order valence-electron chi connectivity index (χ0n) is 20.0. The summed E-state index contributed by atoms with van der Waals surface area (Å²) in [6.07, 6.45) is 3.35. The molecule has 1 fully saturated rings. The van der Waals surface area contributed by atoms with Crippen molar-refractivity contribution in [2.45, 2.75) is 50.5 Å². The van der Waals surface area contributed by atoms with E-state index < -0.39 is 10.0 Å². The van der Waals surface area contributed by atoms with Crippen molar-refractivity contribution in [3.05, 3.63) is 47.2 Å². The Balaban J connectivity index is 1.43. The number of thiophene rings is 1. The van der Waals surface area contributed by atoms with Gasteiger partial charge in [-0.25, -0.2) is 8.42 Å². The highest BCUT2D eigenvalue weighted by molar-refractivity contribution is 7.89. The van der Waals surface area contributed by atoms with Crippen LogP contribution in [-0.4, -0.2) is 60.4 Å². The topological polar surface area (TPSA) is 106 Å². The molecule has 1 aromatic carbocycles. The third kappa shape index (κ3) is 5.91. The third-order valence-corrected chi connectivity index (χ3v) is 8.84. The van der Waals surface area contributed by atoms with Gasteiger partial charge < -0.3 is 14.2 Å². The predicted octanol–water partition coefficient (Wildman–Crippen LogP) is 3.96. The van der Waals surface area contributed by atoms with Gasteiger partial charge in [0.05, 0.1) is 23.4 Å². The summed E-state index contributed by atoms with van der Waals surface area (Å²) < 4.78 is 38.5. The summed E-state index contributed by atoms with van der Waals surface area (Å²) in [4.78, 5) is 20.2. The van der Waals surface area contributed by atoms with Gasteiger partial charge in [0.25, 0.3) is 0 Å². The molecule has 1 aliphatic rings. The van der Waals surface area contributed by atoms with Crippen molar-refractivity contribution in [3.8, 4) is 16.5 Å². The van der Waals surface area contributed by atoms with Crippen LogP contribution in [0.2, 0.25) is 0 Å². The molecular formula is C24H30N4O5S2. The minimum absolute atomic E-state index is 0.0882. The first-order chi connectivity index (χ1) is 16.9. The maximum Gasteiger partial charge on any atom is 0.246 e. The lowest BCUT2D eigenvalue weighted by Gasteiger charge is -2.26. The number of carbonyl (C=O) groups is 1. The van der Waals surface area contributed by atoms with E-state index in [1.165, 1.54) is 11.3 Å². The van der Waals surface area contributed by atoms with E-state index in [0.29, 0.717) is 49.1 Å². The first kappa shape index (κ1) is 25.3. The summed E-state index contributed by atoms with van der Waals surface area (Å²) in [6, 6.07) is 8.71. The molecule has 0 spiro atoms. The smallest absolute Gasteiger partial charge is 0.246 e. The number of benzene rings is 1. The molecule has 1 amide bonds. The maximum atomic E-state index is 13.1. The molecule has 2 aromatic heterocycles. The van der Waals surface area contributed by atoms with Crippen molar-refractivity contribution in [1.82, 2.24) is 19.3 Å². The number of carbonyl (C=O) groups excluding carboxylic acids is 1. The molecule has 3 aromatic rings. The van der Waals surface area contributed by atoms with Crippen molar-refractivity contribution < 1.29 is 22.5 Å². The van der Waals surface area contributed by atoms with E-state index in [9.17, 15) is 13.2 Å². The molecule has 0 aliphatic carbocycles. The van der Waals surface area contributed by atoms with Gasteiger partial charge >= 0.3 is 0 Å². The first-order valence-electron chi connectivity index (χ1n) is 11.7. The van der Waals surface area contributed by atoms with Crippen LogP contribution in [0, 0.1) is 0 Å². The van der Waals surface area contributed by atoms with Gasteiger partial charge in [-0.2, -0.15) is 9.29 Å². The lowest BCUT2D eigenvalue weighted by Crippen LogP contribution is -2.35. The summed E-state index contributed by atoms with van der Waals surface area (Å²) >= 11 is 1.52. The number of aryl methyl sites for hydroxylation is 1. The third-order valence-electron chi connectivity index (χ3n) is 6.08. The average Bonchev–Trinajstić information content (AvgIpc) is 3.58. The number of sulfonamides is 1. The summed E-state index contributed by atoms with van der Waals surface area (Å²) in [5.74, 6) is 1.36. The van der Waals surface area contributed by atoms with E-state index in [-0.39, 0.29) is 23.8 Å². The van der Waals surface area contributed by atoms with Crippen LogP contribution in [0.1, 0.15) is 44.1 Å². The Kier molecular flexibility index (Phi) is 8.19. The number of nitrogens with zero attached hydrogens (tertiary/aromatic N) is 4. The fourth-order valence-electron chi connectivity index (χ4n) is 4.13. The molecule has 35 heavy (non-hydrogen) atoms. The number of piperidine rings is 1. The normalized spacial score (nSPS) is 14.7. The quantitative estimate of drug-likeness (QED) is 0.400. The molecule has 0 radical (unpaired) electrons. The molecule has 0 saturated carbocycles. The lowest BCUT2D eigenvalue weighted by atomic mass is 10.1. The minimum atomic E-state index is -3.57. The monoisotopic (exact) mass is 518 g/mol. The molecule has 0 N–H and O–H groups in total. The van der Waals surface area contributed by atoms with Gasteiger partial charge in [-0.15, -0.1) is 11.3 Å². The van der Waals surface area contributed by atoms with Crippen LogP contribution >= 0.6 is 11.3 Å². The van der Waals surface area contributed by atoms with Crippen LogP contribution in [0.4, 0.5) is 0 Å². The van der Waals surface area contributed by atoms with E-state index in [0.717, 1.165) is 24.1 Å². The second kappa shape index (κ2) is 11.3. The van der Waals surface area contributed by atoms with Crippen LogP contribution < -0.4 is 4.74 Å². The molecule has 1 saturated heterocycles. The summed E-state index contributed by atoms with van der Waals surface area (Å²) in [6.45, 7) is 3.67. The second-order valence-corrected chi connectivity index (χ2v) is 11.2. The number of hydrogen-bond donors (Lipinski definition) is 0. The van der Waals surface area contributed by atoms with Gasteiger partial charge in [0, 0.05) is 26.1 Å². The molecule has 188 valence electrons. The fourth-order valence-corrected chi connectivity index (χ4v) is 6.35. The van der Waals surface area contributed by atoms with Crippen LogP contribution in [-0.2, 0) is 27.8 Å². The van der Waals surface area contributed by atoms with Crippen molar-refractivity contribution in [1.29, 1.82) is 0 Å². The van der Waals surface area contributed by atoms with E-state index in [2.05, 4.69) is 10.1 Å². The summed E-state index contributed by atoms with van der Waals surface area (Å²) in [5, 5.41) is 5.94. The minimum Gasteiger partial charge on any atom is -0.496 e. The van der Waals surface area contributed by atoms with Crippen molar-refractivity contribution >= 4 is 27.3 Å². The van der Waals surface area contributed by atoms with Crippen LogP contribution in [0.5, 0.6) is 5.75 Å². The van der Waals surface area contributed by atoms with Crippen LogP contribution in [0.15, 0.2) is 45.1 Å². The van der Waals surface area contributed by atoms with Gasteiger partial charge in [-0.05, 0) is 61.4 Å². The van der Waals surface area contributed by atoms with E-state index in [1.54, 1.807) is 34.5 Å². The van der Waals surface area contributed by atoms with Crippen molar-refractivity contribution in [2.75, 3.05) is 26.7 Å². The van der Waals surface area contributed by atoms with E-state index >= 15 is 0 Å². The molecule has 4 rings (SSSR count). The molecule has 0 atom stereocenters. The second-order valence-electron chi connectivity index (χ2n) is 8.34. The Labute approximate surface area is 209 Å². The van der Waals surface area contributed by atoms with E-state index in [1.807, 2.05) is 24.4 Å². The summed E-state index contributed by atoms with van der Waals surface area (Å²) in [5.41, 5.74) is 0.688. The highest BCUT2D eigenvalue weighted by Crippen LogP contribution is 2.27. The van der Waals surface area contributed by atoms with Gasteiger partial charge in [-0.3, -0.25) is 4.79 Å². The van der Waals surface area contributed by atoms with Crippen molar-refractivity contribution in [2.24, 2.45) is 0 Å². The maximum absolute atomic E-state index is 13.1. The number of aromatic nitrogens is 2. The number of methoxy groups -OCH3 is 1. The van der Waals surface area contributed by atoms with Gasteiger partial charge in [0.1, 0.15) is 5.75 Å². The Hall–Kier alpha value is -2.76. The number of hydrogen-bond acceptors (Lipinski definition) is 8. The largest absolute Gasteiger partial charge is 0.496 e. The highest BCUT2D eigenvalue weighted by Gasteiger charge is 2.27. The highest BCUT2D eigenvalue weighted by atomic mass is 32.2. The van der Waals surface area contributed by atoms with Crippen LogP contribution in [0.25, 0.3) is 10.7 Å². The molecular weight excluding hydrogens is 488 g/mol. The molecule has 3 heterocycles. The molecule has 0 bridgehead atoms. The Morgan fingerprint density at radius 3 is 2.71 bits per heavy atom. The molecule has 1 aliphatic heterocycles. The molecule has 11 heteroatoms. The number of ether oxygens (including phenoxy) is 1. The Bertz CT molecular complexity index is 1230. The van der Waals surface area contributed by atoms with Crippen LogP contribution in [0.3, 0.4) is 0 Å². The average molecular weight is 519 g/mol. The van der Waals surface area contributed by atoms with Crippen molar-refractivity contribution in [3.63, 3.8) is 0 Å². The number of amides is 1. The number of rotatable bonds is 10. The Morgan fingerprint density at radius 1 is 1.23 bits per heavy atom. The van der Waals surface area contributed by atoms with Gasteiger partial charge in [0.2, 0.25) is 27.6 Å². The standard InChI is InChI=1S/C24H30N4O5S2/c1-3-27(17-22-25-24(26-33-22)21-8-7-15-34-21)23(29)12-9-18-16-19(10-11-20(18)32-2)35(30,31)28-13-5-4-6-14-28/h7-8,10-11,15-16H,3-6,9,12-14,17H2,1-2H3. The van der Waals surface area contributed by atoms with Gasteiger partial charge in [-0.1, -0.05) is 17.6 Å². The molecule has 9 nitrogen and oxygen atoms in total. The predicted molar refractivity (Wildman–Crippen MR) is 133 cm³/mol.